The van der Waals surface area contributed by atoms with Gasteiger partial charge in [-0.1, -0.05) is 32.0 Å². The molecule has 1 saturated heterocycles. The SMILES string of the molecule is C=C1O[C@@H]2CC[C@@]3(S(=O)(=O)c4ccc(Cl)cc4)c4c(F)ccc(F)c4OC[C@H]3[C@@H]2[C@H]1C(C)C. The zero-order valence-electron chi connectivity index (χ0n) is 18.4. The van der Waals surface area contributed by atoms with Gasteiger partial charge in [-0.3, -0.25) is 0 Å². The Bertz CT molecular complexity index is 1230. The van der Waals surface area contributed by atoms with Gasteiger partial charge < -0.3 is 9.47 Å². The Morgan fingerprint density at radius 2 is 1.79 bits per heavy atom. The van der Waals surface area contributed by atoms with Crippen LogP contribution in [-0.4, -0.2) is 21.1 Å². The molecule has 3 aliphatic rings. The van der Waals surface area contributed by atoms with Crippen molar-refractivity contribution in [2.75, 3.05) is 6.61 Å². The van der Waals surface area contributed by atoms with Crippen LogP contribution in [0.5, 0.6) is 5.75 Å². The van der Waals surface area contributed by atoms with E-state index in [-0.39, 0.29) is 53.1 Å². The lowest BCUT2D eigenvalue weighted by Crippen LogP contribution is -2.57. The summed E-state index contributed by atoms with van der Waals surface area (Å²) in [7, 11) is -4.19. The number of hydrogen-bond acceptors (Lipinski definition) is 4. The topological polar surface area (TPSA) is 52.6 Å². The van der Waals surface area contributed by atoms with E-state index < -0.39 is 32.1 Å². The van der Waals surface area contributed by atoms with Gasteiger partial charge in [-0.15, -0.1) is 0 Å². The Morgan fingerprint density at radius 3 is 2.45 bits per heavy atom. The van der Waals surface area contributed by atoms with Gasteiger partial charge in [0.15, 0.2) is 21.4 Å². The van der Waals surface area contributed by atoms with Crippen LogP contribution < -0.4 is 4.74 Å². The highest BCUT2D eigenvalue weighted by molar-refractivity contribution is 7.92. The quantitative estimate of drug-likeness (QED) is 0.534. The molecule has 0 bridgehead atoms. The third kappa shape index (κ3) is 3.08. The molecule has 0 radical (unpaired) electrons. The second kappa shape index (κ2) is 7.70. The molecule has 2 aromatic rings. The molecule has 5 atom stereocenters. The van der Waals surface area contributed by atoms with Gasteiger partial charge in [0.25, 0.3) is 0 Å². The lowest BCUT2D eigenvalue weighted by atomic mass is 9.61. The zero-order chi connectivity index (χ0) is 23.7. The second-order valence-electron chi connectivity index (χ2n) is 9.51. The minimum atomic E-state index is -4.19. The van der Waals surface area contributed by atoms with Crippen molar-refractivity contribution in [3.63, 3.8) is 0 Å². The molecule has 5 rings (SSSR count). The maximum Gasteiger partial charge on any atom is 0.188 e. The summed E-state index contributed by atoms with van der Waals surface area (Å²) in [5.74, 6) is -2.17. The first-order chi connectivity index (χ1) is 15.6. The smallest absolute Gasteiger partial charge is 0.188 e. The van der Waals surface area contributed by atoms with E-state index in [1.165, 1.54) is 24.3 Å². The molecule has 2 fully saturated rings. The van der Waals surface area contributed by atoms with Gasteiger partial charge in [-0.25, -0.2) is 17.2 Å². The largest absolute Gasteiger partial charge is 0.495 e. The van der Waals surface area contributed by atoms with Crippen molar-refractivity contribution in [2.45, 2.75) is 42.4 Å². The Hall–Kier alpha value is -2.12. The maximum absolute atomic E-state index is 15.5. The van der Waals surface area contributed by atoms with Crippen LogP contribution in [0.1, 0.15) is 32.3 Å². The molecule has 1 aliphatic carbocycles. The first kappa shape index (κ1) is 22.7. The molecular weight excluding hydrogens is 470 g/mol. The number of halogens is 3. The van der Waals surface area contributed by atoms with Crippen molar-refractivity contribution in [3.05, 3.63) is 71.0 Å². The van der Waals surface area contributed by atoms with Gasteiger partial charge in [0, 0.05) is 22.8 Å². The molecule has 176 valence electrons. The molecule has 0 unspecified atom stereocenters. The maximum atomic E-state index is 15.5. The summed E-state index contributed by atoms with van der Waals surface area (Å²) in [6.45, 7) is 8.09. The molecule has 0 aromatic heterocycles. The minimum absolute atomic E-state index is 0.0192. The van der Waals surface area contributed by atoms with Crippen molar-refractivity contribution in [1.29, 1.82) is 0 Å². The molecule has 4 nitrogen and oxygen atoms in total. The molecule has 8 heteroatoms. The fourth-order valence-electron chi connectivity index (χ4n) is 6.32. The number of ether oxygens (including phenoxy) is 2. The summed E-state index contributed by atoms with van der Waals surface area (Å²) in [5.41, 5.74) is -0.216. The Kier molecular flexibility index (Phi) is 5.29. The number of hydrogen-bond donors (Lipinski definition) is 0. The standard InChI is InChI=1S/C25H25ClF2O4S/c1-13(2)21-14(3)32-20-10-11-25(33(29,30)16-6-4-15(26)5-7-16)17(22(20)21)12-31-24-19(28)9-8-18(27)23(24)25/h4-9,13,17,20-22H,3,10-12H2,1-2H3/t17-,20+,21-,22-,25-/m0/s1. The summed E-state index contributed by atoms with van der Waals surface area (Å²) in [4.78, 5) is 0.0192. The van der Waals surface area contributed by atoms with E-state index in [0.29, 0.717) is 17.2 Å². The molecule has 2 aliphatic heterocycles. The summed E-state index contributed by atoms with van der Waals surface area (Å²) in [5, 5.41) is 0.386. The van der Waals surface area contributed by atoms with Gasteiger partial charge in [-0.2, -0.15) is 0 Å². The van der Waals surface area contributed by atoms with Crippen LogP contribution in [0.4, 0.5) is 8.78 Å². The highest BCUT2D eigenvalue weighted by Crippen LogP contribution is 2.62. The second-order valence-corrected chi connectivity index (χ2v) is 12.1. The van der Waals surface area contributed by atoms with Crippen molar-refractivity contribution >= 4 is 21.4 Å². The highest BCUT2D eigenvalue weighted by Gasteiger charge is 2.66. The van der Waals surface area contributed by atoms with Gasteiger partial charge in [0.05, 0.1) is 22.8 Å². The Balaban J connectivity index is 1.80. The number of fused-ring (bicyclic) bond motifs is 5. The van der Waals surface area contributed by atoms with E-state index in [1.54, 1.807) is 0 Å². The van der Waals surface area contributed by atoms with E-state index in [9.17, 15) is 12.8 Å². The van der Waals surface area contributed by atoms with Crippen LogP contribution in [0, 0.1) is 35.3 Å². The predicted molar refractivity (Wildman–Crippen MR) is 121 cm³/mol. The van der Waals surface area contributed by atoms with Crippen LogP contribution in [0.2, 0.25) is 5.02 Å². The Labute approximate surface area is 197 Å². The summed E-state index contributed by atoms with van der Waals surface area (Å²) >= 11 is 6.00. The van der Waals surface area contributed by atoms with Gasteiger partial charge >= 0.3 is 0 Å². The molecule has 0 spiro atoms. The van der Waals surface area contributed by atoms with E-state index in [4.69, 9.17) is 21.1 Å². The summed E-state index contributed by atoms with van der Waals surface area (Å²) < 4.78 is 69.2. The lowest BCUT2D eigenvalue weighted by Gasteiger charge is -2.51. The third-order valence-electron chi connectivity index (χ3n) is 7.59. The van der Waals surface area contributed by atoms with Crippen LogP contribution in [-0.2, 0) is 19.3 Å². The number of benzene rings is 2. The van der Waals surface area contributed by atoms with E-state index in [2.05, 4.69) is 6.58 Å². The van der Waals surface area contributed by atoms with Crippen LogP contribution >= 0.6 is 11.6 Å². The average Bonchev–Trinajstić information content (AvgIpc) is 3.12. The van der Waals surface area contributed by atoms with Gasteiger partial charge in [0.2, 0.25) is 0 Å². The molecule has 0 amide bonds. The summed E-state index contributed by atoms with van der Waals surface area (Å²) in [6, 6.07) is 7.78. The lowest BCUT2D eigenvalue weighted by molar-refractivity contribution is -0.00157. The number of rotatable bonds is 3. The van der Waals surface area contributed by atoms with Crippen molar-refractivity contribution in [2.24, 2.45) is 23.7 Å². The first-order valence-corrected chi connectivity index (χ1v) is 12.9. The van der Waals surface area contributed by atoms with E-state index >= 15 is 4.39 Å². The molecule has 0 N–H and O–H groups in total. The van der Waals surface area contributed by atoms with Crippen LogP contribution in [0.3, 0.4) is 0 Å². The highest BCUT2D eigenvalue weighted by atomic mass is 35.5. The fourth-order valence-corrected chi connectivity index (χ4v) is 8.83. The Morgan fingerprint density at radius 1 is 1.12 bits per heavy atom. The predicted octanol–water partition coefficient (Wildman–Crippen LogP) is 5.89. The normalized spacial score (nSPS) is 30.8. The molecule has 1 saturated carbocycles. The van der Waals surface area contributed by atoms with Gasteiger partial charge in [-0.05, 0) is 55.2 Å². The fraction of sp³-hybridized carbons (Fsp3) is 0.440. The third-order valence-corrected chi connectivity index (χ3v) is 10.4. The monoisotopic (exact) mass is 494 g/mol. The zero-order valence-corrected chi connectivity index (χ0v) is 19.9. The first-order valence-electron chi connectivity index (χ1n) is 11.1. The van der Waals surface area contributed by atoms with Crippen molar-refractivity contribution < 1.29 is 26.7 Å². The van der Waals surface area contributed by atoms with E-state index in [0.717, 1.165) is 12.1 Å². The number of sulfone groups is 1. The van der Waals surface area contributed by atoms with E-state index in [1.807, 2.05) is 13.8 Å². The molecule has 2 aromatic carbocycles. The van der Waals surface area contributed by atoms with Crippen molar-refractivity contribution in [1.82, 2.24) is 0 Å². The van der Waals surface area contributed by atoms with Crippen LogP contribution in [0.15, 0.2) is 53.6 Å². The summed E-state index contributed by atoms with van der Waals surface area (Å²) in [6.07, 6.45) is 0.217. The average molecular weight is 495 g/mol. The molecular formula is C25H25ClF2O4S. The molecule has 33 heavy (non-hydrogen) atoms. The van der Waals surface area contributed by atoms with Crippen LogP contribution in [0.25, 0.3) is 0 Å². The minimum Gasteiger partial charge on any atom is -0.495 e. The van der Waals surface area contributed by atoms with Gasteiger partial charge in [0.1, 0.15) is 16.7 Å². The number of allylic oxidation sites excluding steroid dienone is 1. The van der Waals surface area contributed by atoms with Crippen molar-refractivity contribution in [3.8, 4) is 5.75 Å². The molecule has 2 heterocycles.